The summed E-state index contributed by atoms with van der Waals surface area (Å²) in [4.78, 5) is 0. The van der Waals surface area contributed by atoms with E-state index in [1.54, 1.807) is 18.2 Å². The zero-order valence-corrected chi connectivity index (χ0v) is 11.3. The molecular formula is C13H8Cl3FO. The summed E-state index contributed by atoms with van der Waals surface area (Å²) in [7, 11) is 0. The van der Waals surface area contributed by atoms with E-state index in [-0.39, 0.29) is 10.6 Å². The van der Waals surface area contributed by atoms with Crippen molar-refractivity contribution in [1.29, 1.82) is 0 Å². The van der Waals surface area contributed by atoms with Crippen molar-refractivity contribution in [2.24, 2.45) is 0 Å². The van der Waals surface area contributed by atoms with Crippen LogP contribution in [0.15, 0.2) is 36.4 Å². The zero-order valence-electron chi connectivity index (χ0n) is 9.00. The van der Waals surface area contributed by atoms with Gasteiger partial charge in [0.25, 0.3) is 0 Å². The second-order valence-corrected chi connectivity index (χ2v) is 4.94. The number of aliphatic hydroxyl groups excluding tert-OH is 1. The van der Waals surface area contributed by atoms with E-state index in [0.717, 1.165) is 0 Å². The first-order valence-corrected chi connectivity index (χ1v) is 6.21. The van der Waals surface area contributed by atoms with Crippen LogP contribution >= 0.6 is 34.8 Å². The van der Waals surface area contributed by atoms with Crippen LogP contribution in [0, 0.1) is 5.82 Å². The lowest BCUT2D eigenvalue weighted by Gasteiger charge is -2.13. The Bertz CT molecular complexity index is 586. The molecule has 0 amide bonds. The van der Waals surface area contributed by atoms with Gasteiger partial charge in [0, 0.05) is 5.56 Å². The van der Waals surface area contributed by atoms with E-state index in [9.17, 15) is 9.50 Å². The number of aliphatic hydroxyl groups is 1. The molecule has 1 N–H and O–H groups in total. The third kappa shape index (κ3) is 2.62. The summed E-state index contributed by atoms with van der Waals surface area (Å²) in [6, 6.07) is 9.08. The van der Waals surface area contributed by atoms with Crippen molar-refractivity contribution < 1.29 is 9.50 Å². The molecular weight excluding hydrogens is 297 g/mol. The Morgan fingerprint density at radius 2 is 1.67 bits per heavy atom. The molecule has 0 aliphatic heterocycles. The monoisotopic (exact) mass is 304 g/mol. The topological polar surface area (TPSA) is 20.2 Å². The summed E-state index contributed by atoms with van der Waals surface area (Å²) < 4.78 is 13.8. The van der Waals surface area contributed by atoms with Crippen LogP contribution in [-0.4, -0.2) is 5.11 Å². The highest BCUT2D eigenvalue weighted by atomic mass is 35.5. The highest BCUT2D eigenvalue weighted by molar-refractivity contribution is 6.42. The Labute approximate surface area is 119 Å². The molecule has 2 aromatic carbocycles. The van der Waals surface area contributed by atoms with E-state index in [0.29, 0.717) is 15.6 Å². The SMILES string of the molecule is OC(c1ccc(Cl)c(Cl)c1)c1cccc(Cl)c1F. The molecule has 0 aromatic heterocycles. The molecule has 0 radical (unpaired) electrons. The van der Waals surface area contributed by atoms with Gasteiger partial charge in [0.1, 0.15) is 11.9 Å². The lowest BCUT2D eigenvalue weighted by molar-refractivity contribution is 0.215. The first kappa shape index (κ1) is 13.6. The molecule has 94 valence electrons. The summed E-state index contributed by atoms with van der Waals surface area (Å²) in [5.41, 5.74) is 0.548. The van der Waals surface area contributed by atoms with E-state index >= 15 is 0 Å². The molecule has 0 heterocycles. The van der Waals surface area contributed by atoms with Crippen LogP contribution in [0.2, 0.25) is 15.1 Å². The van der Waals surface area contributed by atoms with Gasteiger partial charge in [0.15, 0.2) is 0 Å². The molecule has 1 nitrogen and oxygen atoms in total. The predicted molar refractivity (Wildman–Crippen MR) is 71.9 cm³/mol. The third-order valence-electron chi connectivity index (χ3n) is 2.54. The first-order valence-electron chi connectivity index (χ1n) is 5.07. The van der Waals surface area contributed by atoms with Gasteiger partial charge in [-0.05, 0) is 23.8 Å². The van der Waals surface area contributed by atoms with Gasteiger partial charge >= 0.3 is 0 Å². The van der Waals surface area contributed by atoms with Gasteiger partial charge in [0.2, 0.25) is 0 Å². The van der Waals surface area contributed by atoms with Crippen molar-refractivity contribution in [2.75, 3.05) is 0 Å². The van der Waals surface area contributed by atoms with Gasteiger partial charge in [-0.3, -0.25) is 0 Å². The minimum atomic E-state index is -1.14. The number of rotatable bonds is 2. The largest absolute Gasteiger partial charge is 0.384 e. The quantitative estimate of drug-likeness (QED) is 0.839. The molecule has 0 aliphatic carbocycles. The Kier molecular flexibility index (Phi) is 4.13. The van der Waals surface area contributed by atoms with Crippen LogP contribution in [0.25, 0.3) is 0 Å². The Morgan fingerprint density at radius 3 is 2.33 bits per heavy atom. The highest BCUT2D eigenvalue weighted by Crippen LogP contribution is 2.31. The smallest absolute Gasteiger partial charge is 0.147 e. The minimum absolute atomic E-state index is 0.0355. The van der Waals surface area contributed by atoms with Crippen molar-refractivity contribution in [2.45, 2.75) is 6.10 Å². The second kappa shape index (κ2) is 5.45. The molecule has 0 saturated heterocycles. The van der Waals surface area contributed by atoms with Crippen LogP contribution in [0.3, 0.4) is 0 Å². The van der Waals surface area contributed by atoms with Crippen molar-refractivity contribution in [3.05, 3.63) is 68.4 Å². The average molecular weight is 306 g/mol. The van der Waals surface area contributed by atoms with Crippen LogP contribution in [0.4, 0.5) is 4.39 Å². The molecule has 0 aliphatic rings. The highest BCUT2D eigenvalue weighted by Gasteiger charge is 2.17. The van der Waals surface area contributed by atoms with E-state index in [1.165, 1.54) is 18.2 Å². The zero-order chi connectivity index (χ0) is 13.3. The number of hydrogen-bond acceptors (Lipinski definition) is 1. The maximum absolute atomic E-state index is 13.8. The van der Waals surface area contributed by atoms with Crippen molar-refractivity contribution in [1.82, 2.24) is 0 Å². The van der Waals surface area contributed by atoms with Gasteiger partial charge in [-0.1, -0.05) is 53.0 Å². The van der Waals surface area contributed by atoms with Gasteiger partial charge in [-0.25, -0.2) is 4.39 Å². The van der Waals surface area contributed by atoms with Gasteiger partial charge in [0.05, 0.1) is 15.1 Å². The van der Waals surface area contributed by atoms with Gasteiger partial charge in [-0.15, -0.1) is 0 Å². The molecule has 1 unspecified atom stereocenters. The Morgan fingerprint density at radius 1 is 0.944 bits per heavy atom. The molecule has 0 spiro atoms. The fraction of sp³-hybridized carbons (Fsp3) is 0.0769. The van der Waals surface area contributed by atoms with E-state index in [4.69, 9.17) is 34.8 Å². The maximum Gasteiger partial charge on any atom is 0.147 e. The normalized spacial score (nSPS) is 12.5. The lowest BCUT2D eigenvalue weighted by Crippen LogP contribution is -2.03. The molecule has 0 saturated carbocycles. The number of hydrogen-bond donors (Lipinski definition) is 1. The fourth-order valence-electron chi connectivity index (χ4n) is 1.59. The molecule has 18 heavy (non-hydrogen) atoms. The first-order chi connectivity index (χ1) is 8.50. The van der Waals surface area contributed by atoms with Crippen molar-refractivity contribution >= 4 is 34.8 Å². The maximum atomic E-state index is 13.8. The van der Waals surface area contributed by atoms with E-state index in [1.807, 2.05) is 0 Å². The second-order valence-electron chi connectivity index (χ2n) is 3.72. The summed E-state index contributed by atoms with van der Waals surface area (Å²) in [6.45, 7) is 0. The van der Waals surface area contributed by atoms with Crippen molar-refractivity contribution in [3.63, 3.8) is 0 Å². The van der Waals surface area contributed by atoms with Gasteiger partial charge in [-0.2, -0.15) is 0 Å². The Hall–Kier alpha value is -0.800. The Balaban J connectivity index is 2.44. The van der Waals surface area contributed by atoms with Crippen LogP contribution in [0.1, 0.15) is 17.2 Å². The fourth-order valence-corrected chi connectivity index (χ4v) is 2.08. The summed E-state index contributed by atoms with van der Waals surface area (Å²) in [5, 5.41) is 10.8. The summed E-state index contributed by atoms with van der Waals surface area (Å²) >= 11 is 17.3. The summed E-state index contributed by atoms with van der Waals surface area (Å²) in [5.74, 6) is -0.641. The number of halogens is 4. The molecule has 2 rings (SSSR count). The van der Waals surface area contributed by atoms with Crippen molar-refractivity contribution in [3.8, 4) is 0 Å². The molecule has 0 bridgehead atoms. The lowest BCUT2D eigenvalue weighted by atomic mass is 10.0. The third-order valence-corrected chi connectivity index (χ3v) is 3.57. The van der Waals surface area contributed by atoms with Crippen LogP contribution in [0.5, 0.6) is 0 Å². The van der Waals surface area contributed by atoms with E-state index in [2.05, 4.69) is 0 Å². The number of benzene rings is 2. The molecule has 2 aromatic rings. The average Bonchev–Trinajstić information content (AvgIpc) is 2.35. The van der Waals surface area contributed by atoms with Crippen LogP contribution in [-0.2, 0) is 0 Å². The predicted octanol–water partition coefficient (Wildman–Crippen LogP) is 4.87. The standard InChI is InChI=1S/C13H8Cl3FO/c14-9-5-4-7(6-11(9)16)13(18)8-2-1-3-10(15)12(8)17/h1-6,13,18H. The minimum Gasteiger partial charge on any atom is -0.384 e. The van der Waals surface area contributed by atoms with Gasteiger partial charge < -0.3 is 5.11 Å². The molecule has 1 atom stereocenters. The molecule has 0 fully saturated rings. The molecule has 5 heteroatoms. The summed E-state index contributed by atoms with van der Waals surface area (Å²) in [6.07, 6.45) is -1.14. The van der Waals surface area contributed by atoms with Crippen LogP contribution < -0.4 is 0 Å². The van der Waals surface area contributed by atoms with E-state index < -0.39 is 11.9 Å².